The van der Waals surface area contributed by atoms with Gasteiger partial charge < -0.3 is 9.52 Å². The molecule has 4 nitrogen and oxygen atoms in total. The first-order valence-electron chi connectivity index (χ1n) is 7.48. The molecule has 26 heavy (non-hydrogen) atoms. The lowest BCUT2D eigenvalue weighted by Gasteiger charge is -2.03. The minimum atomic E-state index is -1.07. The van der Waals surface area contributed by atoms with Crippen LogP contribution in [0.25, 0.3) is 23.0 Å². The van der Waals surface area contributed by atoms with Crippen molar-refractivity contribution in [3.63, 3.8) is 0 Å². The summed E-state index contributed by atoms with van der Waals surface area (Å²) in [7, 11) is 0. The molecule has 0 radical (unpaired) electrons. The maximum atomic E-state index is 13.0. The zero-order valence-electron chi connectivity index (χ0n) is 13.2. The van der Waals surface area contributed by atoms with E-state index >= 15 is 0 Å². The van der Waals surface area contributed by atoms with Crippen LogP contribution in [-0.4, -0.2) is 11.1 Å². The van der Waals surface area contributed by atoms with Gasteiger partial charge in [-0.25, -0.2) is 9.18 Å². The standard InChI is InChI=1S/C20H11ClFNO3/c21-18-7-3-13(20(24)25)10-17(18)19-8-6-16(26-19)9-14(11-23)12-1-4-15(22)5-2-12/h1-10H,(H,24,25). The summed E-state index contributed by atoms with van der Waals surface area (Å²) in [4.78, 5) is 11.1. The van der Waals surface area contributed by atoms with Gasteiger partial charge in [-0.15, -0.1) is 0 Å². The maximum Gasteiger partial charge on any atom is 0.335 e. The highest BCUT2D eigenvalue weighted by molar-refractivity contribution is 6.33. The number of nitriles is 1. The summed E-state index contributed by atoms with van der Waals surface area (Å²) in [6.45, 7) is 0. The first kappa shape index (κ1) is 17.5. The van der Waals surface area contributed by atoms with Crippen molar-refractivity contribution < 1.29 is 18.7 Å². The van der Waals surface area contributed by atoms with Gasteiger partial charge in [0.05, 0.1) is 22.2 Å². The Hall–Kier alpha value is -3.36. The molecule has 6 heteroatoms. The van der Waals surface area contributed by atoms with Crippen LogP contribution >= 0.6 is 11.6 Å². The van der Waals surface area contributed by atoms with Crippen LogP contribution < -0.4 is 0 Å². The Morgan fingerprint density at radius 3 is 2.46 bits per heavy atom. The van der Waals surface area contributed by atoms with E-state index in [0.717, 1.165) is 0 Å². The minimum absolute atomic E-state index is 0.0851. The number of carbonyl (C=O) groups is 1. The van der Waals surface area contributed by atoms with Crippen LogP contribution in [0.4, 0.5) is 4.39 Å². The van der Waals surface area contributed by atoms with Crippen molar-refractivity contribution in [1.29, 1.82) is 5.26 Å². The van der Waals surface area contributed by atoms with E-state index in [4.69, 9.17) is 21.1 Å². The number of aromatic carboxylic acids is 1. The number of benzene rings is 2. The normalized spacial score (nSPS) is 11.2. The van der Waals surface area contributed by atoms with Crippen LogP contribution in [0.15, 0.2) is 59.0 Å². The third-order valence-electron chi connectivity index (χ3n) is 3.67. The Balaban J connectivity index is 1.97. The second-order valence-electron chi connectivity index (χ2n) is 5.38. The lowest BCUT2D eigenvalue weighted by Crippen LogP contribution is -1.96. The molecule has 0 aliphatic rings. The minimum Gasteiger partial charge on any atom is -0.478 e. The number of halogens is 2. The van der Waals surface area contributed by atoms with Crippen LogP contribution in [-0.2, 0) is 0 Å². The summed E-state index contributed by atoms with van der Waals surface area (Å²) < 4.78 is 18.7. The number of hydrogen-bond donors (Lipinski definition) is 1. The Morgan fingerprint density at radius 2 is 1.81 bits per heavy atom. The first-order valence-corrected chi connectivity index (χ1v) is 7.86. The second kappa shape index (κ2) is 7.26. The van der Waals surface area contributed by atoms with Crippen LogP contribution in [0.2, 0.25) is 5.02 Å². The first-order chi connectivity index (χ1) is 12.5. The molecule has 1 aromatic heterocycles. The average Bonchev–Trinajstić information content (AvgIpc) is 3.09. The molecule has 0 bridgehead atoms. The van der Waals surface area contributed by atoms with Crippen LogP contribution in [0, 0.1) is 17.1 Å². The van der Waals surface area contributed by atoms with Crippen molar-refractivity contribution in [1.82, 2.24) is 0 Å². The van der Waals surface area contributed by atoms with E-state index in [-0.39, 0.29) is 11.4 Å². The van der Waals surface area contributed by atoms with Gasteiger partial charge in [-0.2, -0.15) is 5.26 Å². The Morgan fingerprint density at radius 1 is 1.12 bits per heavy atom. The number of carboxylic acid groups (broad SMARTS) is 1. The van der Waals surface area contributed by atoms with Crippen molar-refractivity contribution in [2.75, 3.05) is 0 Å². The molecule has 3 rings (SSSR count). The largest absolute Gasteiger partial charge is 0.478 e. The van der Waals surface area contributed by atoms with Crippen molar-refractivity contribution >= 4 is 29.2 Å². The molecule has 0 amide bonds. The van der Waals surface area contributed by atoms with Gasteiger partial charge in [0.2, 0.25) is 0 Å². The highest BCUT2D eigenvalue weighted by atomic mass is 35.5. The van der Waals surface area contributed by atoms with Crippen LogP contribution in [0.5, 0.6) is 0 Å². The fraction of sp³-hybridized carbons (Fsp3) is 0. The number of furan rings is 1. The highest BCUT2D eigenvalue weighted by Gasteiger charge is 2.12. The fourth-order valence-electron chi connectivity index (χ4n) is 2.37. The molecule has 0 fully saturated rings. The Labute approximate surface area is 153 Å². The molecular weight excluding hydrogens is 357 g/mol. The van der Waals surface area contributed by atoms with Crippen molar-refractivity contribution in [3.8, 4) is 17.4 Å². The van der Waals surface area contributed by atoms with Gasteiger partial charge in [-0.1, -0.05) is 23.7 Å². The maximum absolute atomic E-state index is 13.0. The molecule has 1 N–H and O–H groups in total. The van der Waals surface area contributed by atoms with E-state index in [2.05, 4.69) is 0 Å². The SMILES string of the molecule is N#CC(=Cc1ccc(-c2cc(C(=O)O)ccc2Cl)o1)c1ccc(F)cc1. The summed E-state index contributed by atoms with van der Waals surface area (Å²) in [5.74, 6) is -0.699. The zero-order valence-corrected chi connectivity index (χ0v) is 14.0. The summed E-state index contributed by atoms with van der Waals surface area (Å²) >= 11 is 6.13. The van der Waals surface area contributed by atoms with E-state index < -0.39 is 5.97 Å². The van der Waals surface area contributed by atoms with E-state index in [9.17, 15) is 14.4 Å². The van der Waals surface area contributed by atoms with E-state index in [1.807, 2.05) is 6.07 Å². The Bertz CT molecular complexity index is 1050. The van der Waals surface area contributed by atoms with Gasteiger partial charge in [0.1, 0.15) is 17.3 Å². The molecule has 0 unspecified atom stereocenters. The van der Waals surface area contributed by atoms with Gasteiger partial charge in [0, 0.05) is 5.56 Å². The number of nitrogens with zero attached hydrogens (tertiary/aromatic N) is 1. The van der Waals surface area contributed by atoms with Crippen LogP contribution in [0.3, 0.4) is 0 Å². The number of carboxylic acids is 1. The zero-order chi connectivity index (χ0) is 18.7. The number of rotatable bonds is 4. The van der Waals surface area contributed by atoms with E-state index in [0.29, 0.717) is 33.2 Å². The average molecular weight is 368 g/mol. The molecule has 3 aromatic rings. The lowest BCUT2D eigenvalue weighted by atomic mass is 10.1. The Kier molecular flexibility index (Phi) is 4.87. The molecular formula is C20H11ClFNO3. The van der Waals surface area contributed by atoms with Gasteiger partial charge in [0.15, 0.2) is 0 Å². The molecule has 0 saturated carbocycles. The molecule has 2 aromatic carbocycles. The van der Waals surface area contributed by atoms with Gasteiger partial charge in [-0.05, 0) is 54.1 Å². The molecule has 0 saturated heterocycles. The second-order valence-corrected chi connectivity index (χ2v) is 5.79. The quantitative estimate of drug-likeness (QED) is 0.618. The third-order valence-corrected chi connectivity index (χ3v) is 4.00. The molecule has 0 spiro atoms. The summed E-state index contributed by atoms with van der Waals surface area (Å²) in [5, 5.41) is 18.8. The molecule has 0 aliphatic heterocycles. The lowest BCUT2D eigenvalue weighted by molar-refractivity contribution is 0.0697. The van der Waals surface area contributed by atoms with Crippen molar-refractivity contribution in [2.45, 2.75) is 0 Å². The van der Waals surface area contributed by atoms with Gasteiger partial charge in [0.25, 0.3) is 0 Å². The van der Waals surface area contributed by atoms with E-state index in [1.165, 1.54) is 48.5 Å². The van der Waals surface area contributed by atoms with E-state index in [1.54, 1.807) is 12.1 Å². The summed E-state index contributed by atoms with van der Waals surface area (Å²) in [6, 6.07) is 15.2. The molecule has 1 heterocycles. The molecule has 0 aliphatic carbocycles. The van der Waals surface area contributed by atoms with Crippen molar-refractivity contribution in [3.05, 3.63) is 82.3 Å². The summed E-state index contributed by atoms with van der Waals surface area (Å²) in [5.41, 5.74) is 1.38. The molecule has 0 atom stereocenters. The number of allylic oxidation sites excluding steroid dienone is 1. The van der Waals surface area contributed by atoms with Gasteiger partial charge >= 0.3 is 5.97 Å². The smallest absolute Gasteiger partial charge is 0.335 e. The van der Waals surface area contributed by atoms with Gasteiger partial charge in [-0.3, -0.25) is 0 Å². The monoisotopic (exact) mass is 367 g/mol. The third kappa shape index (κ3) is 3.66. The predicted octanol–water partition coefficient (Wildman–Crippen LogP) is 5.50. The highest BCUT2D eigenvalue weighted by Crippen LogP contribution is 2.31. The van der Waals surface area contributed by atoms with Crippen molar-refractivity contribution in [2.24, 2.45) is 0 Å². The summed E-state index contributed by atoms with van der Waals surface area (Å²) in [6.07, 6.45) is 1.52. The fourth-order valence-corrected chi connectivity index (χ4v) is 2.58. The molecule has 128 valence electrons. The predicted molar refractivity (Wildman–Crippen MR) is 96.0 cm³/mol. The van der Waals surface area contributed by atoms with Crippen LogP contribution in [0.1, 0.15) is 21.7 Å². The number of hydrogen-bond acceptors (Lipinski definition) is 3. The topological polar surface area (TPSA) is 74.2 Å².